The van der Waals surface area contributed by atoms with E-state index in [1.165, 1.54) is 0 Å². The Hall–Kier alpha value is -2.56. The van der Waals surface area contributed by atoms with Crippen molar-refractivity contribution in [2.45, 2.75) is 25.3 Å². The van der Waals surface area contributed by atoms with Gasteiger partial charge in [0.1, 0.15) is 5.54 Å². The van der Waals surface area contributed by atoms with Gasteiger partial charge in [-0.05, 0) is 36.2 Å². The van der Waals surface area contributed by atoms with Gasteiger partial charge >= 0.3 is 0 Å². The Morgan fingerprint density at radius 2 is 1.96 bits per heavy atom. The highest BCUT2D eigenvalue weighted by Gasteiger charge is 2.35. The normalized spacial score (nSPS) is 13.9. The van der Waals surface area contributed by atoms with Gasteiger partial charge in [-0.3, -0.25) is 9.40 Å². The summed E-state index contributed by atoms with van der Waals surface area (Å²) in [7, 11) is -3.42. The molecular weight excluding hydrogens is 384 g/mol. The van der Waals surface area contributed by atoms with Crippen molar-refractivity contribution < 1.29 is 8.42 Å². The first-order chi connectivity index (χ1) is 12.8. The third-order valence-electron chi connectivity index (χ3n) is 4.65. The summed E-state index contributed by atoms with van der Waals surface area (Å²) < 4.78 is 27.7. The topological polar surface area (TPSA) is 87.8 Å². The van der Waals surface area contributed by atoms with Gasteiger partial charge in [-0.25, -0.2) is 8.42 Å². The minimum atomic E-state index is -3.42. The molecule has 0 amide bonds. The second kappa shape index (κ2) is 7.22. The fourth-order valence-electron chi connectivity index (χ4n) is 3.35. The van der Waals surface area contributed by atoms with Crippen molar-refractivity contribution in [2.75, 3.05) is 11.0 Å². The first-order valence-electron chi connectivity index (χ1n) is 8.39. The van der Waals surface area contributed by atoms with Gasteiger partial charge in [0.2, 0.25) is 10.0 Å². The van der Waals surface area contributed by atoms with Crippen LogP contribution in [0.4, 0.5) is 5.69 Å². The highest BCUT2D eigenvalue weighted by molar-refractivity contribution is 7.92. The van der Waals surface area contributed by atoms with Crippen LogP contribution in [0.2, 0.25) is 5.02 Å². The molecule has 0 spiro atoms. The number of anilines is 1. The third-order valence-corrected chi connectivity index (χ3v) is 5.50. The summed E-state index contributed by atoms with van der Waals surface area (Å²) in [5.74, 6) is 0. The summed E-state index contributed by atoms with van der Waals surface area (Å²) in [4.78, 5) is 0. The molecule has 6 nitrogen and oxygen atoms in total. The molecule has 27 heavy (non-hydrogen) atoms. The molecule has 0 bridgehead atoms. The van der Waals surface area contributed by atoms with Crippen molar-refractivity contribution in [3.8, 4) is 6.07 Å². The molecule has 140 valence electrons. The summed E-state index contributed by atoms with van der Waals surface area (Å²) in [6, 6.07) is 15.0. The van der Waals surface area contributed by atoms with E-state index in [1.807, 2.05) is 29.8 Å². The van der Waals surface area contributed by atoms with E-state index in [0.29, 0.717) is 22.5 Å². The number of rotatable bonds is 6. The van der Waals surface area contributed by atoms with E-state index in [-0.39, 0.29) is 6.42 Å². The fourth-order valence-corrected chi connectivity index (χ4v) is 4.05. The van der Waals surface area contributed by atoms with Crippen molar-refractivity contribution in [1.29, 1.82) is 5.26 Å². The van der Waals surface area contributed by atoms with Crippen molar-refractivity contribution in [3.63, 3.8) is 0 Å². The molecule has 0 fully saturated rings. The lowest BCUT2D eigenvalue weighted by Gasteiger charge is -2.32. The Balaban J connectivity index is 2.25. The van der Waals surface area contributed by atoms with Gasteiger partial charge in [-0.1, -0.05) is 36.7 Å². The number of hydrogen-bond donors (Lipinski definition) is 1. The number of halogens is 1. The molecule has 0 radical (unpaired) electrons. The van der Waals surface area contributed by atoms with Crippen LogP contribution in [0.15, 0.2) is 48.7 Å². The molecule has 3 aromatic rings. The SMILES string of the molecule is CCC(CC#N)(c1ccc(Cl)cc1)n1ncc2c(NS(C)(=O)=O)cccc21. The second-order valence-corrected chi connectivity index (χ2v) is 8.58. The smallest absolute Gasteiger partial charge is 0.229 e. The van der Waals surface area contributed by atoms with Crippen LogP contribution >= 0.6 is 11.6 Å². The van der Waals surface area contributed by atoms with Gasteiger partial charge in [0.25, 0.3) is 0 Å². The second-order valence-electron chi connectivity index (χ2n) is 6.40. The van der Waals surface area contributed by atoms with Crippen molar-refractivity contribution in [2.24, 2.45) is 0 Å². The van der Waals surface area contributed by atoms with Gasteiger partial charge < -0.3 is 0 Å². The Kier molecular flexibility index (Phi) is 5.13. The van der Waals surface area contributed by atoms with Crippen LogP contribution in [0.3, 0.4) is 0 Å². The van der Waals surface area contributed by atoms with Crippen LogP contribution in [0, 0.1) is 11.3 Å². The first-order valence-corrected chi connectivity index (χ1v) is 10.7. The number of hydrogen-bond acceptors (Lipinski definition) is 4. The number of nitrogens with one attached hydrogen (secondary N) is 1. The molecule has 0 aliphatic heterocycles. The van der Waals surface area contributed by atoms with E-state index in [9.17, 15) is 13.7 Å². The van der Waals surface area contributed by atoms with Crippen LogP contribution in [0.5, 0.6) is 0 Å². The van der Waals surface area contributed by atoms with Crippen LogP contribution in [-0.4, -0.2) is 24.5 Å². The van der Waals surface area contributed by atoms with Gasteiger partial charge in [0.05, 0.1) is 36.1 Å². The van der Waals surface area contributed by atoms with Crippen LogP contribution in [0.25, 0.3) is 10.9 Å². The summed E-state index contributed by atoms with van der Waals surface area (Å²) >= 11 is 6.03. The van der Waals surface area contributed by atoms with Crippen LogP contribution in [0.1, 0.15) is 25.3 Å². The van der Waals surface area contributed by atoms with E-state index < -0.39 is 15.6 Å². The molecule has 0 aliphatic rings. The molecule has 1 N–H and O–H groups in total. The molecule has 0 saturated heterocycles. The first kappa shape index (κ1) is 19.2. The van der Waals surface area contributed by atoms with E-state index in [2.05, 4.69) is 15.9 Å². The minimum absolute atomic E-state index is 0.214. The number of sulfonamides is 1. The molecule has 1 aromatic heterocycles. The molecule has 3 rings (SSSR count). The maximum absolute atomic E-state index is 11.7. The molecule has 0 saturated carbocycles. The molecule has 0 aliphatic carbocycles. The molecule has 1 atom stereocenters. The molecule has 2 aromatic carbocycles. The average molecular weight is 403 g/mol. The standard InChI is InChI=1S/C19H19ClN4O2S/c1-3-19(11-12-21,14-7-9-15(20)10-8-14)24-18-6-4-5-17(16(18)13-22-24)23-27(2,25)26/h4-10,13,23H,3,11H2,1-2H3. The zero-order chi connectivity index (χ0) is 19.7. The van der Waals surface area contributed by atoms with E-state index in [0.717, 1.165) is 17.3 Å². The van der Waals surface area contributed by atoms with E-state index >= 15 is 0 Å². The molecule has 1 unspecified atom stereocenters. The summed E-state index contributed by atoms with van der Waals surface area (Å²) in [6.45, 7) is 2.00. The highest BCUT2D eigenvalue weighted by Crippen LogP contribution is 2.37. The summed E-state index contributed by atoms with van der Waals surface area (Å²) in [5.41, 5.74) is 1.43. The van der Waals surface area contributed by atoms with E-state index in [4.69, 9.17) is 11.6 Å². The zero-order valence-corrected chi connectivity index (χ0v) is 16.5. The van der Waals surface area contributed by atoms with Gasteiger partial charge in [0.15, 0.2) is 0 Å². The quantitative estimate of drug-likeness (QED) is 0.671. The monoisotopic (exact) mass is 402 g/mol. The van der Waals surface area contributed by atoms with Crippen LogP contribution in [-0.2, 0) is 15.6 Å². The highest BCUT2D eigenvalue weighted by atomic mass is 35.5. The lowest BCUT2D eigenvalue weighted by molar-refractivity contribution is 0.325. The Bertz CT molecular complexity index is 1120. The summed E-state index contributed by atoms with van der Waals surface area (Å²) in [6.07, 6.45) is 3.57. The predicted octanol–water partition coefficient (Wildman–Crippen LogP) is 4.13. The van der Waals surface area contributed by atoms with Crippen molar-refractivity contribution >= 4 is 38.2 Å². The predicted molar refractivity (Wildman–Crippen MR) is 107 cm³/mol. The number of benzene rings is 2. The fraction of sp³-hybridized carbons (Fsp3) is 0.263. The Morgan fingerprint density at radius 3 is 2.56 bits per heavy atom. The number of aromatic nitrogens is 2. The lowest BCUT2D eigenvalue weighted by Crippen LogP contribution is -2.35. The lowest BCUT2D eigenvalue weighted by atomic mass is 9.84. The van der Waals surface area contributed by atoms with Crippen molar-refractivity contribution in [1.82, 2.24) is 9.78 Å². The van der Waals surface area contributed by atoms with E-state index in [1.54, 1.807) is 30.5 Å². The maximum Gasteiger partial charge on any atom is 0.229 e. The zero-order valence-electron chi connectivity index (χ0n) is 15.0. The number of nitriles is 1. The van der Waals surface area contributed by atoms with Gasteiger partial charge in [-0.2, -0.15) is 10.4 Å². The molecule has 8 heteroatoms. The third kappa shape index (κ3) is 3.64. The summed E-state index contributed by atoms with van der Waals surface area (Å²) in [5, 5.41) is 15.4. The molecular formula is C19H19ClN4O2S. The average Bonchev–Trinajstić information content (AvgIpc) is 3.05. The van der Waals surface area contributed by atoms with Gasteiger partial charge in [0, 0.05) is 10.4 Å². The number of nitrogens with zero attached hydrogens (tertiary/aromatic N) is 3. The minimum Gasteiger partial charge on any atom is -0.283 e. The Morgan fingerprint density at radius 1 is 1.26 bits per heavy atom. The molecule has 1 heterocycles. The maximum atomic E-state index is 11.7. The van der Waals surface area contributed by atoms with Crippen LogP contribution < -0.4 is 4.72 Å². The largest absolute Gasteiger partial charge is 0.283 e. The number of fused-ring (bicyclic) bond motifs is 1. The van der Waals surface area contributed by atoms with Gasteiger partial charge in [-0.15, -0.1) is 0 Å². The van der Waals surface area contributed by atoms with Crippen molar-refractivity contribution in [3.05, 3.63) is 59.2 Å². The Labute approximate surface area is 163 Å².